The predicted molar refractivity (Wildman–Crippen MR) is 70.5 cm³/mol. The van der Waals surface area contributed by atoms with Gasteiger partial charge in [0.2, 0.25) is 0 Å². The van der Waals surface area contributed by atoms with Gasteiger partial charge in [-0.3, -0.25) is 0 Å². The van der Waals surface area contributed by atoms with Crippen LogP contribution < -0.4 is 11.1 Å². The Morgan fingerprint density at radius 2 is 2.00 bits per heavy atom. The summed E-state index contributed by atoms with van der Waals surface area (Å²) in [7, 11) is 0. The first-order valence-corrected chi connectivity index (χ1v) is 6.07. The monoisotopic (exact) mass is 221 g/mol. The number of aryl methyl sites for hydroxylation is 1. The maximum Gasteiger partial charge on any atom is 0.126 e. The third-order valence-corrected chi connectivity index (χ3v) is 3.28. The van der Waals surface area contributed by atoms with Crippen molar-refractivity contribution in [3.8, 4) is 0 Å². The molecule has 0 aliphatic rings. The third-order valence-electron chi connectivity index (χ3n) is 3.28. The average Bonchev–Trinajstić information content (AvgIpc) is 2.25. The molecule has 1 rings (SSSR count). The Morgan fingerprint density at radius 1 is 1.38 bits per heavy atom. The zero-order chi connectivity index (χ0) is 12.1. The van der Waals surface area contributed by atoms with Crippen molar-refractivity contribution < 1.29 is 0 Å². The van der Waals surface area contributed by atoms with Gasteiger partial charge in [-0.1, -0.05) is 26.7 Å². The molecule has 0 aliphatic carbocycles. The molecule has 0 saturated carbocycles. The molecule has 90 valence electrons. The lowest BCUT2D eigenvalue weighted by Gasteiger charge is -2.23. The van der Waals surface area contributed by atoms with Crippen molar-refractivity contribution in [2.45, 2.75) is 46.6 Å². The molecule has 0 spiro atoms. The fourth-order valence-corrected chi connectivity index (χ4v) is 1.99. The Bertz CT molecular complexity index is 332. The fraction of sp³-hybridized carbons (Fsp3) is 0.615. The molecule has 0 saturated heterocycles. The van der Waals surface area contributed by atoms with Crippen molar-refractivity contribution in [3.05, 3.63) is 17.8 Å². The highest BCUT2D eigenvalue weighted by Crippen LogP contribution is 2.19. The number of nitrogen functional groups attached to an aromatic ring is 1. The molecule has 1 atom stereocenters. The number of aromatic nitrogens is 1. The van der Waals surface area contributed by atoms with Crippen LogP contribution in [0.25, 0.3) is 0 Å². The molecule has 1 aromatic heterocycles. The van der Waals surface area contributed by atoms with Crippen LogP contribution >= 0.6 is 0 Å². The quantitative estimate of drug-likeness (QED) is 0.802. The largest absolute Gasteiger partial charge is 0.397 e. The van der Waals surface area contributed by atoms with E-state index in [0.717, 1.165) is 17.1 Å². The van der Waals surface area contributed by atoms with Gasteiger partial charge in [-0.25, -0.2) is 4.98 Å². The number of rotatable bonds is 5. The molecule has 1 aromatic rings. The third kappa shape index (κ3) is 3.12. The van der Waals surface area contributed by atoms with Crippen LogP contribution in [0.4, 0.5) is 11.5 Å². The van der Waals surface area contributed by atoms with E-state index in [-0.39, 0.29) is 0 Å². The molecule has 3 N–H and O–H groups in total. The van der Waals surface area contributed by atoms with Gasteiger partial charge in [0.1, 0.15) is 5.82 Å². The maximum absolute atomic E-state index is 5.74. The Labute approximate surface area is 98.5 Å². The van der Waals surface area contributed by atoms with Crippen LogP contribution in [0.15, 0.2) is 12.3 Å². The van der Waals surface area contributed by atoms with Crippen LogP contribution in [-0.4, -0.2) is 11.0 Å². The highest BCUT2D eigenvalue weighted by Gasteiger charge is 2.13. The number of pyridine rings is 1. The Morgan fingerprint density at radius 3 is 2.50 bits per heavy atom. The van der Waals surface area contributed by atoms with Crippen molar-refractivity contribution >= 4 is 11.5 Å². The van der Waals surface area contributed by atoms with E-state index in [1.165, 1.54) is 12.8 Å². The summed E-state index contributed by atoms with van der Waals surface area (Å²) in [5.74, 6) is 1.62. The minimum Gasteiger partial charge on any atom is -0.397 e. The van der Waals surface area contributed by atoms with Gasteiger partial charge < -0.3 is 11.1 Å². The second-order valence-electron chi connectivity index (χ2n) is 4.44. The molecule has 0 amide bonds. The number of hydrogen-bond acceptors (Lipinski definition) is 3. The molecule has 1 heterocycles. The summed E-state index contributed by atoms with van der Waals surface area (Å²) in [5, 5.41) is 3.45. The minimum atomic E-state index is 0.450. The van der Waals surface area contributed by atoms with Crippen molar-refractivity contribution in [2.24, 2.45) is 5.92 Å². The maximum atomic E-state index is 5.74. The van der Waals surface area contributed by atoms with E-state index in [1.54, 1.807) is 6.20 Å². The molecule has 3 nitrogen and oxygen atoms in total. The first-order valence-electron chi connectivity index (χ1n) is 6.07. The first-order chi connectivity index (χ1) is 7.58. The van der Waals surface area contributed by atoms with Crippen molar-refractivity contribution in [1.82, 2.24) is 4.98 Å². The molecular formula is C13H23N3. The predicted octanol–water partition coefficient (Wildman–Crippen LogP) is 3.21. The number of nitrogens with two attached hydrogens (primary N) is 1. The summed E-state index contributed by atoms with van der Waals surface area (Å²) in [6.45, 7) is 8.68. The molecule has 0 aromatic carbocycles. The lowest BCUT2D eigenvalue weighted by Crippen LogP contribution is -2.25. The van der Waals surface area contributed by atoms with Crippen LogP contribution in [0.2, 0.25) is 0 Å². The van der Waals surface area contributed by atoms with Crippen molar-refractivity contribution in [3.63, 3.8) is 0 Å². The molecule has 0 bridgehead atoms. The van der Waals surface area contributed by atoms with Gasteiger partial charge in [-0.15, -0.1) is 0 Å². The summed E-state index contributed by atoms with van der Waals surface area (Å²) < 4.78 is 0. The Kier molecular flexibility index (Phi) is 4.59. The first kappa shape index (κ1) is 12.8. The standard InChI is InChI=1S/C13H23N3/c1-5-11(6-2)10(4)16-13-7-9(3)12(14)8-15-13/h7-8,10-11H,5-6,14H2,1-4H3,(H,15,16). The number of anilines is 2. The van der Waals surface area contributed by atoms with Crippen LogP contribution in [0.3, 0.4) is 0 Å². The molecular weight excluding hydrogens is 198 g/mol. The number of nitrogens with zero attached hydrogens (tertiary/aromatic N) is 1. The topological polar surface area (TPSA) is 50.9 Å². The molecule has 16 heavy (non-hydrogen) atoms. The number of nitrogens with one attached hydrogen (secondary N) is 1. The van der Waals surface area contributed by atoms with Crippen LogP contribution in [0.1, 0.15) is 39.2 Å². The number of hydrogen-bond donors (Lipinski definition) is 2. The minimum absolute atomic E-state index is 0.450. The van der Waals surface area contributed by atoms with Gasteiger partial charge in [-0.05, 0) is 31.4 Å². The van der Waals surface area contributed by atoms with E-state index in [2.05, 4.69) is 31.1 Å². The molecule has 0 aliphatic heterocycles. The highest BCUT2D eigenvalue weighted by molar-refractivity contribution is 5.51. The van der Waals surface area contributed by atoms with E-state index in [1.807, 2.05) is 13.0 Å². The van der Waals surface area contributed by atoms with Gasteiger partial charge >= 0.3 is 0 Å². The SMILES string of the molecule is CCC(CC)C(C)Nc1cc(C)c(N)cn1. The van der Waals surface area contributed by atoms with E-state index in [0.29, 0.717) is 12.0 Å². The smallest absolute Gasteiger partial charge is 0.126 e. The summed E-state index contributed by atoms with van der Waals surface area (Å²) >= 11 is 0. The molecule has 1 unspecified atom stereocenters. The van der Waals surface area contributed by atoms with Gasteiger partial charge in [0.25, 0.3) is 0 Å². The van der Waals surface area contributed by atoms with Gasteiger partial charge in [0, 0.05) is 6.04 Å². The molecule has 3 heteroatoms. The molecule has 0 fully saturated rings. The van der Waals surface area contributed by atoms with E-state index >= 15 is 0 Å². The van der Waals surface area contributed by atoms with Crippen molar-refractivity contribution in [1.29, 1.82) is 0 Å². The molecule has 0 radical (unpaired) electrons. The highest BCUT2D eigenvalue weighted by atomic mass is 15.0. The Hall–Kier alpha value is -1.25. The second kappa shape index (κ2) is 5.73. The average molecular weight is 221 g/mol. The van der Waals surface area contributed by atoms with Gasteiger partial charge in [-0.2, -0.15) is 0 Å². The van der Waals surface area contributed by atoms with Gasteiger partial charge in [0.15, 0.2) is 0 Å². The zero-order valence-electron chi connectivity index (χ0n) is 10.7. The Balaban J connectivity index is 2.69. The summed E-state index contributed by atoms with van der Waals surface area (Å²) in [4.78, 5) is 4.29. The van der Waals surface area contributed by atoms with Gasteiger partial charge in [0.05, 0.1) is 11.9 Å². The summed E-state index contributed by atoms with van der Waals surface area (Å²) in [5.41, 5.74) is 7.57. The van der Waals surface area contributed by atoms with E-state index < -0.39 is 0 Å². The van der Waals surface area contributed by atoms with E-state index in [9.17, 15) is 0 Å². The summed E-state index contributed by atoms with van der Waals surface area (Å²) in [6, 6.07) is 2.46. The lowest BCUT2D eigenvalue weighted by molar-refractivity contribution is 0.437. The van der Waals surface area contributed by atoms with E-state index in [4.69, 9.17) is 5.73 Å². The van der Waals surface area contributed by atoms with Crippen molar-refractivity contribution in [2.75, 3.05) is 11.1 Å². The van der Waals surface area contributed by atoms with Crippen LogP contribution in [-0.2, 0) is 0 Å². The van der Waals surface area contributed by atoms with Crippen LogP contribution in [0.5, 0.6) is 0 Å². The second-order valence-corrected chi connectivity index (χ2v) is 4.44. The van der Waals surface area contributed by atoms with Crippen LogP contribution in [0, 0.1) is 12.8 Å². The normalized spacial score (nSPS) is 12.8. The zero-order valence-corrected chi connectivity index (χ0v) is 10.7. The lowest BCUT2D eigenvalue weighted by atomic mass is 9.95. The fourth-order valence-electron chi connectivity index (χ4n) is 1.99. The summed E-state index contributed by atoms with van der Waals surface area (Å²) in [6.07, 6.45) is 4.11.